The van der Waals surface area contributed by atoms with Crippen LogP contribution in [0.1, 0.15) is 92.7 Å². The largest absolute Gasteiger partial charge is 0.493 e. The van der Waals surface area contributed by atoms with E-state index in [9.17, 15) is 9.90 Å². The number of benzene rings is 2. The zero-order chi connectivity index (χ0) is 38.9. The molecular weight excluding hydrogens is 724 g/mol. The Morgan fingerprint density at radius 3 is 2.57 bits per heavy atom. The number of rotatable bonds is 12. The highest BCUT2D eigenvalue weighted by Gasteiger charge is 2.54. The number of aryl methyl sites for hydroxylation is 1. The maximum Gasteiger partial charge on any atom is 0.329 e. The zero-order valence-electron chi connectivity index (χ0n) is 32.9. The molecular formula is C46H55ClN4O5. The lowest BCUT2D eigenvalue weighted by Gasteiger charge is -2.47. The lowest BCUT2D eigenvalue weighted by atomic mass is 9.59. The summed E-state index contributed by atoms with van der Waals surface area (Å²) in [6, 6.07) is 18.0. The Balaban J connectivity index is 1.02. The van der Waals surface area contributed by atoms with Crippen LogP contribution >= 0.6 is 11.6 Å². The fraction of sp³-hybridized carbons (Fsp3) is 0.500. The van der Waals surface area contributed by atoms with E-state index in [4.69, 9.17) is 25.8 Å². The first-order chi connectivity index (χ1) is 27.1. The molecule has 2 unspecified atom stereocenters. The number of nitrogens with zero attached hydrogens (tertiary/aromatic N) is 3. The Morgan fingerprint density at radius 1 is 1.05 bits per heavy atom. The highest BCUT2D eigenvalue weighted by molar-refractivity contribution is 6.30. The molecule has 3 heterocycles. The van der Waals surface area contributed by atoms with Crippen LogP contribution in [0.5, 0.6) is 17.2 Å². The number of nitrogens with one attached hydrogen (secondary N) is 1. The van der Waals surface area contributed by atoms with E-state index < -0.39 is 11.5 Å². The molecule has 1 spiro atoms. The SMILES string of the molecule is C[C@@H](COc1ccnc2c1[C@H](C)CCC2)CC1Cc2cc3c(cc2C12CCC(Nc1cccc(Cl)c1)(C(=O)O)CC2)OCC(CN(C)Cc1ccncc1)CO3. The van der Waals surface area contributed by atoms with E-state index in [0.717, 1.165) is 68.1 Å². The Labute approximate surface area is 336 Å². The molecule has 1 fully saturated rings. The molecule has 4 atom stereocenters. The molecule has 1 saturated carbocycles. The van der Waals surface area contributed by atoms with Gasteiger partial charge < -0.3 is 29.5 Å². The standard InChI is InChI=1S/C46H55ClN4O5/c1-30(27-54-40-12-19-49-39-9-4-6-31(2)43(39)40)20-35-21-34-22-41-42(56-29-33(28-55-41)26-51(3)25-32-10-17-48-18-11-32)24-38(34)45(35)13-15-46(16-14-45,44(52)53)50-37-8-5-7-36(47)23-37/h5,7-8,10-12,17-19,22-24,30-31,33,35,50H,4,6,9,13-16,20-21,25-29H2,1-3H3,(H,52,53)/t30-,31-,33?,35?,45?,46?/m1/s1. The number of hydrogen-bond acceptors (Lipinski definition) is 8. The van der Waals surface area contributed by atoms with Crippen molar-refractivity contribution in [2.75, 3.05) is 38.7 Å². The third-order valence-corrected chi connectivity index (χ3v) is 13.3. The Bertz CT molecular complexity index is 2020. The lowest BCUT2D eigenvalue weighted by Crippen LogP contribution is -2.53. The van der Waals surface area contributed by atoms with Gasteiger partial charge in [0.05, 0.1) is 19.8 Å². The minimum Gasteiger partial charge on any atom is -0.493 e. The van der Waals surface area contributed by atoms with Crippen molar-refractivity contribution in [2.24, 2.45) is 17.8 Å². The number of halogens is 1. The fourth-order valence-electron chi connectivity index (χ4n) is 10.2. The van der Waals surface area contributed by atoms with Crippen molar-refractivity contribution < 1.29 is 24.1 Å². The molecule has 296 valence electrons. The summed E-state index contributed by atoms with van der Waals surface area (Å²) in [5.74, 6) is 3.04. The maximum atomic E-state index is 13.1. The van der Waals surface area contributed by atoms with Crippen LogP contribution in [0.15, 0.2) is 73.2 Å². The topological polar surface area (TPSA) is 106 Å². The first kappa shape index (κ1) is 38.5. The second kappa shape index (κ2) is 16.3. The third-order valence-electron chi connectivity index (χ3n) is 13.1. The Morgan fingerprint density at radius 2 is 1.82 bits per heavy atom. The number of aliphatic carboxylic acids is 1. The monoisotopic (exact) mass is 778 g/mol. The molecule has 2 aromatic heterocycles. The van der Waals surface area contributed by atoms with Gasteiger partial charge in [-0.1, -0.05) is 31.5 Å². The summed E-state index contributed by atoms with van der Waals surface area (Å²) in [7, 11) is 2.13. The summed E-state index contributed by atoms with van der Waals surface area (Å²) in [6.07, 6.45) is 13.3. The van der Waals surface area contributed by atoms with Gasteiger partial charge in [0.1, 0.15) is 11.3 Å². The number of carbonyl (C=O) groups is 1. The van der Waals surface area contributed by atoms with E-state index >= 15 is 0 Å². The lowest BCUT2D eigenvalue weighted by molar-refractivity contribution is -0.144. The highest BCUT2D eigenvalue weighted by Crippen LogP contribution is 2.58. The molecule has 1 aliphatic heterocycles. The molecule has 8 rings (SSSR count). The molecule has 4 aromatic rings. The fourth-order valence-corrected chi connectivity index (χ4v) is 10.4. The number of hydrogen-bond donors (Lipinski definition) is 2. The predicted octanol–water partition coefficient (Wildman–Crippen LogP) is 9.11. The van der Waals surface area contributed by atoms with Crippen molar-refractivity contribution in [1.29, 1.82) is 0 Å². The van der Waals surface area contributed by atoms with Crippen molar-refractivity contribution in [2.45, 2.75) is 95.1 Å². The molecule has 0 amide bonds. The molecule has 10 heteroatoms. The number of fused-ring (bicyclic) bond motifs is 4. The summed E-state index contributed by atoms with van der Waals surface area (Å²) in [4.78, 5) is 24.2. The first-order valence-corrected chi connectivity index (χ1v) is 20.9. The van der Waals surface area contributed by atoms with Gasteiger partial charge in [0.25, 0.3) is 0 Å². The van der Waals surface area contributed by atoms with Crippen LogP contribution in [-0.4, -0.2) is 64.9 Å². The molecule has 2 N–H and O–H groups in total. The molecule has 56 heavy (non-hydrogen) atoms. The maximum absolute atomic E-state index is 13.1. The average Bonchev–Trinajstić information content (AvgIpc) is 3.31. The van der Waals surface area contributed by atoms with Crippen LogP contribution in [-0.2, 0) is 29.6 Å². The van der Waals surface area contributed by atoms with Gasteiger partial charge in [-0.05, 0) is 153 Å². The molecule has 9 nitrogen and oxygen atoms in total. The number of anilines is 1. The Hall–Kier alpha value is -4.34. The van der Waals surface area contributed by atoms with Crippen molar-refractivity contribution in [3.8, 4) is 17.2 Å². The minimum atomic E-state index is -1.09. The summed E-state index contributed by atoms with van der Waals surface area (Å²) >= 11 is 6.33. The molecule has 2 aromatic carbocycles. The van der Waals surface area contributed by atoms with Crippen LogP contribution in [0.4, 0.5) is 5.69 Å². The quantitative estimate of drug-likeness (QED) is 0.146. The molecule has 4 aliphatic rings. The van der Waals surface area contributed by atoms with E-state index in [2.05, 4.69) is 65.3 Å². The van der Waals surface area contributed by atoms with Gasteiger partial charge in [-0.2, -0.15) is 0 Å². The van der Waals surface area contributed by atoms with Crippen LogP contribution in [0.2, 0.25) is 5.02 Å². The predicted molar refractivity (Wildman–Crippen MR) is 219 cm³/mol. The van der Waals surface area contributed by atoms with E-state index in [-0.39, 0.29) is 11.3 Å². The van der Waals surface area contributed by atoms with Crippen molar-refractivity contribution in [1.82, 2.24) is 14.9 Å². The van der Waals surface area contributed by atoms with E-state index in [1.54, 1.807) is 0 Å². The molecule has 0 saturated heterocycles. The number of aromatic nitrogens is 2. The summed E-state index contributed by atoms with van der Waals surface area (Å²) < 4.78 is 19.7. The number of carboxylic acid groups (broad SMARTS) is 1. The van der Waals surface area contributed by atoms with Gasteiger partial charge in [-0.3, -0.25) is 9.97 Å². The Kier molecular flexibility index (Phi) is 11.2. The van der Waals surface area contributed by atoms with Gasteiger partial charge in [-0.15, -0.1) is 0 Å². The number of carboxylic acids is 1. The van der Waals surface area contributed by atoms with Crippen molar-refractivity contribution in [3.63, 3.8) is 0 Å². The van der Waals surface area contributed by atoms with Gasteiger partial charge >= 0.3 is 5.97 Å². The normalized spacial score (nSPS) is 25.9. The van der Waals surface area contributed by atoms with Crippen LogP contribution in [0.25, 0.3) is 0 Å². The van der Waals surface area contributed by atoms with E-state index in [0.29, 0.717) is 55.4 Å². The summed E-state index contributed by atoms with van der Waals surface area (Å²) in [5.41, 5.74) is 5.73. The minimum absolute atomic E-state index is 0.197. The first-order valence-electron chi connectivity index (χ1n) is 20.5. The zero-order valence-corrected chi connectivity index (χ0v) is 33.7. The van der Waals surface area contributed by atoms with Crippen LogP contribution < -0.4 is 19.5 Å². The second-order valence-corrected chi connectivity index (χ2v) is 17.6. The van der Waals surface area contributed by atoms with E-state index in [1.165, 1.54) is 40.8 Å². The molecule has 3 aliphatic carbocycles. The highest BCUT2D eigenvalue weighted by atomic mass is 35.5. The second-order valence-electron chi connectivity index (χ2n) is 17.2. The van der Waals surface area contributed by atoms with Crippen LogP contribution in [0, 0.1) is 17.8 Å². The van der Waals surface area contributed by atoms with Crippen LogP contribution in [0.3, 0.4) is 0 Å². The molecule has 0 bridgehead atoms. The third kappa shape index (κ3) is 7.94. The van der Waals surface area contributed by atoms with Gasteiger partial charge in [0.2, 0.25) is 0 Å². The van der Waals surface area contributed by atoms with Crippen molar-refractivity contribution >= 4 is 23.3 Å². The number of pyridine rings is 2. The summed E-state index contributed by atoms with van der Waals surface area (Å²) in [5, 5.41) is 14.7. The van der Waals surface area contributed by atoms with Crippen molar-refractivity contribution in [3.05, 3.63) is 106 Å². The van der Waals surface area contributed by atoms with Gasteiger partial charge in [0.15, 0.2) is 11.5 Å². The van der Waals surface area contributed by atoms with E-state index in [1.807, 2.05) is 48.9 Å². The smallest absolute Gasteiger partial charge is 0.329 e. The average molecular weight is 779 g/mol. The number of ether oxygens (including phenoxy) is 3. The van der Waals surface area contributed by atoms with Gasteiger partial charge in [-0.25, -0.2) is 4.79 Å². The van der Waals surface area contributed by atoms with Gasteiger partial charge in [0, 0.05) is 59.6 Å². The summed E-state index contributed by atoms with van der Waals surface area (Å²) in [6.45, 7) is 8.05. The molecule has 0 radical (unpaired) electrons.